The third-order valence-electron chi connectivity index (χ3n) is 4.39. The van der Waals surface area contributed by atoms with Crippen molar-refractivity contribution in [3.05, 3.63) is 50.3 Å². The molecule has 0 radical (unpaired) electrons. The quantitative estimate of drug-likeness (QED) is 0.614. The normalized spacial score (nSPS) is 16.6. The molecule has 4 rings (SSSR count). The molecule has 1 saturated heterocycles. The van der Waals surface area contributed by atoms with Gasteiger partial charge in [0.1, 0.15) is 0 Å². The molecule has 0 spiro atoms. The average Bonchev–Trinajstić information content (AvgIpc) is 3.25. The Morgan fingerprint density at radius 1 is 1.17 bits per heavy atom. The molecule has 2 amide bonds. The van der Waals surface area contributed by atoms with Gasteiger partial charge in [-0.25, -0.2) is 0 Å². The third kappa shape index (κ3) is 3.90. The number of ether oxygens (including phenoxy) is 3. The van der Waals surface area contributed by atoms with Crippen LogP contribution in [0.15, 0.2) is 29.2 Å². The molecule has 0 aliphatic carbocycles. The van der Waals surface area contributed by atoms with Gasteiger partial charge in [-0.05, 0) is 54.1 Å². The fraction of sp³-hybridized carbons (Fsp3) is 0.200. The van der Waals surface area contributed by atoms with Crippen LogP contribution in [0.3, 0.4) is 0 Å². The second kappa shape index (κ2) is 8.29. The Balaban J connectivity index is 1.59. The van der Waals surface area contributed by atoms with Crippen molar-refractivity contribution in [3.8, 4) is 23.0 Å². The standard InChI is InChI=1S/C20H15Cl2NO6S/c1-2-27-16-4-10(3-13(22)18(16)24)5-17-19(25)23(20(26)30-17)8-11-6-14-15(7-12(11)21)29-9-28-14/h3-7,24H,2,8-9H2,1H3/b17-5-. The number of nitrogens with zero attached hydrogens (tertiary/aromatic N) is 1. The second-order valence-electron chi connectivity index (χ2n) is 6.35. The lowest BCUT2D eigenvalue weighted by atomic mass is 10.1. The van der Waals surface area contributed by atoms with Crippen LogP contribution in [0.5, 0.6) is 23.0 Å². The summed E-state index contributed by atoms with van der Waals surface area (Å²) in [7, 11) is 0. The van der Waals surface area contributed by atoms with Crippen LogP contribution < -0.4 is 14.2 Å². The summed E-state index contributed by atoms with van der Waals surface area (Å²) < 4.78 is 16.0. The largest absolute Gasteiger partial charge is 0.503 e. The summed E-state index contributed by atoms with van der Waals surface area (Å²) in [6.45, 7) is 2.20. The van der Waals surface area contributed by atoms with Crippen LogP contribution in [0.25, 0.3) is 6.08 Å². The van der Waals surface area contributed by atoms with E-state index in [1.54, 1.807) is 25.1 Å². The van der Waals surface area contributed by atoms with E-state index in [-0.39, 0.29) is 34.8 Å². The summed E-state index contributed by atoms with van der Waals surface area (Å²) >= 11 is 13.1. The maximum absolute atomic E-state index is 12.8. The van der Waals surface area contributed by atoms with Gasteiger partial charge in [-0.3, -0.25) is 14.5 Å². The van der Waals surface area contributed by atoms with Crippen molar-refractivity contribution < 1.29 is 28.9 Å². The number of halogens is 2. The number of fused-ring (bicyclic) bond motifs is 1. The number of phenolic OH excluding ortho intramolecular Hbond substituents is 1. The topological polar surface area (TPSA) is 85.3 Å². The first-order chi connectivity index (χ1) is 14.4. The highest BCUT2D eigenvalue weighted by atomic mass is 35.5. The predicted molar refractivity (Wildman–Crippen MR) is 113 cm³/mol. The number of rotatable bonds is 5. The van der Waals surface area contributed by atoms with E-state index in [0.717, 1.165) is 16.7 Å². The highest BCUT2D eigenvalue weighted by molar-refractivity contribution is 8.18. The van der Waals surface area contributed by atoms with Crippen LogP contribution in [-0.4, -0.2) is 34.6 Å². The van der Waals surface area contributed by atoms with Crippen LogP contribution in [0.2, 0.25) is 10.0 Å². The first-order valence-electron chi connectivity index (χ1n) is 8.86. The second-order valence-corrected chi connectivity index (χ2v) is 8.15. The average molecular weight is 468 g/mol. The summed E-state index contributed by atoms with van der Waals surface area (Å²) in [5.41, 5.74) is 1.09. The number of carbonyl (C=O) groups is 2. The molecule has 0 aromatic heterocycles. The maximum atomic E-state index is 12.8. The van der Waals surface area contributed by atoms with E-state index in [4.69, 9.17) is 37.4 Å². The molecule has 0 bridgehead atoms. The Morgan fingerprint density at radius 3 is 2.63 bits per heavy atom. The van der Waals surface area contributed by atoms with Gasteiger partial charge in [-0.15, -0.1) is 0 Å². The fourth-order valence-electron chi connectivity index (χ4n) is 2.98. The number of amides is 2. The molecule has 2 aliphatic rings. The third-order valence-corrected chi connectivity index (χ3v) is 5.94. The summed E-state index contributed by atoms with van der Waals surface area (Å²) in [4.78, 5) is 26.6. The van der Waals surface area contributed by atoms with Crippen molar-refractivity contribution in [1.29, 1.82) is 0 Å². The minimum atomic E-state index is -0.458. The predicted octanol–water partition coefficient (Wildman–Crippen LogP) is 5.06. The van der Waals surface area contributed by atoms with E-state index in [0.29, 0.717) is 34.3 Å². The van der Waals surface area contributed by atoms with E-state index >= 15 is 0 Å². The van der Waals surface area contributed by atoms with E-state index in [2.05, 4.69) is 0 Å². The Morgan fingerprint density at radius 2 is 1.90 bits per heavy atom. The fourth-order valence-corrected chi connectivity index (χ4v) is 4.25. The van der Waals surface area contributed by atoms with Crippen LogP contribution in [0, 0.1) is 0 Å². The molecular formula is C20H15Cl2NO6S. The molecule has 2 aliphatic heterocycles. The molecular weight excluding hydrogens is 453 g/mol. The van der Waals surface area contributed by atoms with Gasteiger partial charge in [-0.1, -0.05) is 23.2 Å². The lowest BCUT2D eigenvalue weighted by Gasteiger charge is -2.14. The van der Waals surface area contributed by atoms with Gasteiger partial charge in [0.25, 0.3) is 11.1 Å². The van der Waals surface area contributed by atoms with Crippen molar-refractivity contribution in [2.45, 2.75) is 13.5 Å². The highest BCUT2D eigenvalue weighted by Gasteiger charge is 2.36. The number of carbonyl (C=O) groups excluding carboxylic acids is 2. The number of aromatic hydroxyl groups is 1. The SMILES string of the molecule is CCOc1cc(/C=C2\SC(=O)N(Cc3cc4c(cc3Cl)OCO4)C2=O)cc(Cl)c1O. The molecule has 0 saturated carbocycles. The Kier molecular flexibility index (Phi) is 5.73. The minimum absolute atomic E-state index is 0.00197. The van der Waals surface area contributed by atoms with E-state index in [9.17, 15) is 14.7 Å². The summed E-state index contributed by atoms with van der Waals surface area (Å²) in [5.74, 6) is 0.593. The summed E-state index contributed by atoms with van der Waals surface area (Å²) in [5, 5.41) is 9.99. The van der Waals surface area contributed by atoms with Crippen molar-refractivity contribution >= 4 is 52.2 Å². The first-order valence-corrected chi connectivity index (χ1v) is 10.4. The van der Waals surface area contributed by atoms with Gasteiger partial charge < -0.3 is 19.3 Å². The zero-order chi connectivity index (χ0) is 21.4. The molecule has 1 N–H and O–H groups in total. The smallest absolute Gasteiger partial charge is 0.293 e. The van der Waals surface area contributed by atoms with Gasteiger partial charge >= 0.3 is 0 Å². The number of thioether (sulfide) groups is 1. The number of hydrogen-bond donors (Lipinski definition) is 1. The lowest BCUT2D eigenvalue weighted by molar-refractivity contribution is -0.123. The summed E-state index contributed by atoms with van der Waals surface area (Å²) in [6.07, 6.45) is 1.53. The number of hydrogen-bond acceptors (Lipinski definition) is 7. The van der Waals surface area contributed by atoms with Crippen LogP contribution in [-0.2, 0) is 11.3 Å². The van der Waals surface area contributed by atoms with Gasteiger partial charge in [0.15, 0.2) is 23.0 Å². The Labute approximate surface area is 186 Å². The highest BCUT2D eigenvalue weighted by Crippen LogP contribution is 2.40. The number of benzene rings is 2. The first kappa shape index (κ1) is 20.7. The van der Waals surface area contributed by atoms with Crippen molar-refractivity contribution in [1.82, 2.24) is 4.90 Å². The Bertz CT molecular complexity index is 1090. The van der Waals surface area contributed by atoms with Crippen LogP contribution in [0.4, 0.5) is 4.79 Å². The lowest BCUT2D eigenvalue weighted by Crippen LogP contribution is -2.27. The van der Waals surface area contributed by atoms with Gasteiger partial charge in [0.05, 0.1) is 23.1 Å². The Hall–Kier alpha value is -2.55. The van der Waals surface area contributed by atoms with E-state index < -0.39 is 11.1 Å². The number of phenols is 1. The molecule has 2 aromatic rings. The number of imide groups is 1. The molecule has 2 aromatic carbocycles. The van der Waals surface area contributed by atoms with Crippen molar-refractivity contribution in [3.63, 3.8) is 0 Å². The molecule has 2 heterocycles. The molecule has 7 nitrogen and oxygen atoms in total. The van der Waals surface area contributed by atoms with Crippen molar-refractivity contribution in [2.24, 2.45) is 0 Å². The van der Waals surface area contributed by atoms with Gasteiger partial charge in [-0.2, -0.15) is 0 Å². The monoisotopic (exact) mass is 467 g/mol. The van der Waals surface area contributed by atoms with Crippen molar-refractivity contribution in [2.75, 3.05) is 13.4 Å². The van der Waals surface area contributed by atoms with E-state index in [1.807, 2.05) is 0 Å². The zero-order valence-electron chi connectivity index (χ0n) is 15.6. The molecule has 156 valence electrons. The van der Waals surface area contributed by atoms with Crippen LogP contribution >= 0.6 is 35.0 Å². The van der Waals surface area contributed by atoms with Crippen LogP contribution in [0.1, 0.15) is 18.1 Å². The van der Waals surface area contributed by atoms with Gasteiger partial charge in [0.2, 0.25) is 6.79 Å². The molecule has 0 unspecified atom stereocenters. The zero-order valence-corrected chi connectivity index (χ0v) is 17.9. The minimum Gasteiger partial charge on any atom is -0.503 e. The summed E-state index contributed by atoms with van der Waals surface area (Å²) in [6, 6.07) is 6.29. The molecule has 10 heteroatoms. The molecule has 30 heavy (non-hydrogen) atoms. The van der Waals surface area contributed by atoms with Gasteiger partial charge in [0, 0.05) is 11.1 Å². The molecule has 1 fully saturated rings. The maximum Gasteiger partial charge on any atom is 0.293 e. The molecule has 0 atom stereocenters. The van der Waals surface area contributed by atoms with E-state index in [1.165, 1.54) is 12.1 Å².